The zero-order valence-electron chi connectivity index (χ0n) is 3.63. The quantitative estimate of drug-likeness (QED) is 0.473. The first-order valence-corrected chi connectivity index (χ1v) is 4.11. The third kappa shape index (κ3) is 1.05. The van der Waals surface area contributed by atoms with E-state index < -0.39 is 0 Å². The van der Waals surface area contributed by atoms with Gasteiger partial charge in [0.15, 0.2) is 0 Å². The molecule has 0 spiro atoms. The summed E-state index contributed by atoms with van der Waals surface area (Å²) < 4.78 is 0. The van der Waals surface area contributed by atoms with Gasteiger partial charge in [-0.2, -0.15) is 0 Å². The Kier molecular flexibility index (Phi) is 1.51. The third-order valence-corrected chi connectivity index (χ3v) is 2.87. The van der Waals surface area contributed by atoms with Crippen LogP contribution in [0.5, 0.6) is 0 Å². The van der Waals surface area contributed by atoms with Crippen molar-refractivity contribution in [3.63, 3.8) is 0 Å². The molecule has 0 aromatic heterocycles. The molecule has 0 aliphatic carbocycles. The van der Waals surface area contributed by atoms with Crippen LogP contribution in [0.4, 0.5) is 0 Å². The van der Waals surface area contributed by atoms with Gasteiger partial charge in [0.25, 0.3) is 0 Å². The van der Waals surface area contributed by atoms with Gasteiger partial charge in [0.2, 0.25) is 0 Å². The largest absolute Gasteiger partial charge is 0.400 e. The fourth-order valence-electron chi connectivity index (χ4n) is 0.266. The van der Waals surface area contributed by atoms with Gasteiger partial charge in [-0.1, -0.05) is 21.6 Å². The van der Waals surface area contributed by atoms with Crippen LogP contribution in [0.3, 0.4) is 0 Å². The van der Waals surface area contributed by atoms with E-state index in [-0.39, 0.29) is 5.37 Å². The first-order chi connectivity index (χ1) is 3.30. The Morgan fingerprint density at radius 2 is 2.43 bits per heavy atom. The van der Waals surface area contributed by atoms with Gasteiger partial charge in [0.1, 0.15) is 5.37 Å². The van der Waals surface area contributed by atoms with Crippen LogP contribution in [-0.4, -0.2) is 5.37 Å². The molecule has 0 saturated carbocycles. The summed E-state index contributed by atoms with van der Waals surface area (Å²) >= 11 is 0. The number of hydrogen-bond donors (Lipinski definition) is 2. The summed E-state index contributed by atoms with van der Waals surface area (Å²) in [7, 11) is 3.18. The van der Waals surface area contributed by atoms with Crippen LogP contribution in [0.15, 0.2) is 11.1 Å². The average Bonchev–Trinajstić information content (AvgIpc) is 1.91. The molecule has 1 aliphatic heterocycles. The van der Waals surface area contributed by atoms with Crippen LogP contribution in [0.2, 0.25) is 0 Å². The lowest BCUT2D eigenvalue weighted by Gasteiger charge is -1.97. The molecule has 1 heterocycles. The second-order valence-electron chi connectivity index (χ2n) is 1.23. The summed E-state index contributed by atoms with van der Waals surface area (Å²) in [6.07, 6.45) is 0. The van der Waals surface area contributed by atoms with Crippen molar-refractivity contribution in [2.45, 2.75) is 5.37 Å². The molecular formula is C3H6N2S2. The van der Waals surface area contributed by atoms with Crippen LogP contribution in [-0.2, 0) is 0 Å². The summed E-state index contributed by atoms with van der Waals surface area (Å²) in [6.45, 7) is 0. The topological polar surface area (TPSA) is 52.0 Å². The summed E-state index contributed by atoms with van der Waals surface area (Å²) in [5.74, 6) is 0. The summed E-state index contributed by atoms with van der Waals surface area (Å²) in [6, 6.07) is 0. The van der Waals surface area contributed by atoms with Crippen molar-refractivity contribution < 1.29 is 0 Å². The SMILES string of the molecule is NC1=CSSC1N. The van der Waals surface area contributed by atoms with Crippen molar-refractivity contribution in [3.05, 3.63) is 11.1 Å². The molecule has 0 aromatic carbocycles. The fourth-order valence-corrected chi connectivity index (χ4v) is 2.16. The molecule has 1 rings (SSSR count). The van der Waals surface area contributed by atoms with E-state index in [1.165, 1.54) is 0 Å². The summed E-state index contributed by atoms with van der Waals surface area (Å²) in [5.41, 5.74) is 11.6. The monoisotopic (exact) mass is 134 g/mol. The van der Waals surface area contributed by atoms with E-state index in [2.05, 4.69) is 0 Å². The molecule has 4 N–H and O–H groups in total. The van der Waals surface area contributed by atoms with E-state index in [1.54, 1.807) is 21.6 Å². The molecule has 2 nitrogen and oxygen atoms in total. The van der Waals surface area contributed by atoms with E-state index in [1.807, 2.05) is 5.41 Å². The Morgan fingerprint density at radius 1 is 1.71 bits per heavy atom. The van der Waals surface area contributed by atoms with Crippen LogP contribution in [0.1, 0.15) is 0 Å². The summed E-state index contributed by atoms with van der Waals surface area (Å²) in [4.78, 5) is 0. The molecule has 40 valence electrons. The van der Waals surface area contributed by atoms with Gasteiger partial charge in [-0.25, -0.2) is 0 Å². The van der Waals surface area contributed by atoms with Gasteiger partial charge in [-0.15, -0.1) is 0 Å². The Balaban J connectivity index is 2.54. The average molecular weight is 134 g/mol. The fraction of sp³-hybridized carbons (Fsp3) is 0.333. The molecule has 0 bridgehead atoms. The van der Waals surface area contributed by atoms with Crippen LogP contribution in [0.25, 0.3) is 0 Å². The number of hydrogen-bond acceptors (Lipinski definition) is 4. The van der Waals surface area contributed by atoms with Crippen molar-refractivity contribution in [1.29, 1.82) is 0 Å². The van der Waals surface area contributed by atoms with E-state index in [4.69, 9.17) is 11.5 Å². The molecular weight excluding hydrogens is 128 g/mol. The number of nitrogens with two attached hydrogens (primary N) is 2. The molecule has 0 fully saturated rings. The number of rotatable bonds is 0. The Morgan fingerprint density at radius 3 is 2.57 bits per heavy atom. The standard InChI is InChI=1S/C3H6N2S2/c4-2-1-6-7-3(2)5/h1,3H,4-5H2. The van der Waals surface area contributed by atoms with Crippen molar-refractivity contribution in [2.75, 3.05) is 0 Å². The maximum atomic E-state index is 5.43. The minimum absolute atomic E-state index is 0.0324. The van der Waals surface area contributed by atoms with Gasteiger partial charge >= 0.3 is 0 Å². The van der Waals surface area contributed by atoms with Crippen LogP contribution >= 0.6 is 21.6 Å². The van der Waals surface area contributed by atoms with E-state index in [0.29, 0.717) is 0 Å². The van der Waals surface area contributed by atoms with Gasteiger partial charge in [0.05, 0.1) is 0 Å². The molecule has 1 aliphatic rings. The molecule has 4 heteroatoms. The van der Waals surface area contributed by atoms with Crippen LogP contribution < -0.4 is 11.5 Å². The molecule has 0 radical (unpaired) electrons. The van der Waals surface area contributed by atoms with E-state index in [9.17, 15) is 0 Å². The van der Waals surface area contributed by atoms with E-state index in [0.717, 1.165) is 5.70 Å². The summed E-state index contributed by atoms with van der Waals surface area (Å²) in [5, 5.41) is 1.90. The van der Waals surface area contributed by atoms with Gasteiger partial charge < -0.3 is 11.5 Å². The highest BCUT2D eigenvalue weighted by atomic mass is 33.1. The lowest BCUT2D eigenvalue weighted by molar-refractivity contribution is 1.05. The Hall–Kier alpha value is 0.200. The highest BCUT2D eigenvalue weighted by Crippen LogP contribution is 2.34. The molecule has 0 saturated heterocycles. The molecule has 1 atom stereocenters. The molecule has 0 amide bonds. The van der Waals surface area contributed by atoms with Gasteiger partial charge in [0, 0.05) is 11.1 Å². The van der Waals surface area contributed by atoms with Crippen molar-refractivity contribution >= 4 is 21.6 Å². The predicted molar refractivity (Wildman–Crippen MR) is 35.4 cm³/mol. The normalized spacial score (nSPS) is 30.4. The van der Waals surface area contributed by atoms with Crippen molar-refractivity contribution in [3.8, 4) is 0 Å². The second-order valence-corrected chi connectivity index (χ2v) is 3.51. The smallest absolute Gasteiger partial charge is 0.102 e. The van der Waals surface area contributed by atoms with E-state index >= 15 is 0 Å². The van der Waals surface area contributed by atoms with Crippen molar-refractivity contribution in [1.82, 2.24) is 0 Å². The molecule has 0 aromatic rings. The second kappa shape index (κ2) is 1.98. The molecule has 1 unspecified atom stereocenters. The first-order valence-electron chi connectivity index (χ1n) is 1.84. The highest BCUT2D eigenvalue weighted by molar-refractivity contribution is 8.78. The van der Waals surface area contributed by atoms with Crippen LogP contribution in [0, 0.1) is 0 Å². The van der Waals surface area contributed by atoms with Gasteiger partial charge in [-0.05, 0) is 0 Å². The predicted octanol–water partition coefficient (Wildman–Crippen LogP) is 0.466. The molecule has 7 heavy (non-hydrogen) atoms. The first kappa shape index (κ1) is 5.34. The highest BCUT2D eigenvalue weighted by Gasteiger charge is 2.11. The zero-order valence-corrected chi connectivity index (χ0v) is 5.26. The van der Waals surface area contributed by atoms with Gasteiger partial charge in [-0.3, -0.25) is 0 Å². The lowest BCUT2D eigenvalue weighted by Crippen LogP contribution is -2.19. The minimum Gasteiger partial charge on any atom is -0.400 e. The third-order valence-electron chi connectivity index (χ3n) is 0.672. The zero-order chi connectivity index (χ0) is 5.28. The van der Waals surface area contributed by atoms with Crippen molar-refractivity contribution in [2.24, 2.45) is 11.5 Å². The Bertz CT molecular complexity index is 101. The Labute approximate surface area is 50.1 Å². The maximum Gasteiger partial charge on any atom is 0.102 e. The minimum atomic E-state index is 0.0324. The lowest BCUT2D eigenvalue weighted by atomic mass is 10.5. The maximum absolute atomic E-state index is 5.43.